The summed E-state index contributed by atoms with van der Waals surface area (Å²) in [4.78, 5) is 11.8. The highest BCUT2D eigenvalue weighted by atomic mass is 16.1. The second-order valence-corrected chi connectivity index (χ2v) is 9.64. The fourth-order valence-corrected chi connectivity index (χ4v) is 6.79. The molecule has 0 N–H and O–H groups in total. The molecule has 3 unspecified atom stereocenters. The smallest absolute Gasteiger partial charge is 0.124 e. The second-order valence-electron chi connectivity index (χ2n) is 9.64. The minimum absolute atomic E-state index is 0.267. The van der Waals surface area contributed by atoms with Gasteiger partial charge in [0.2, 0.25) is 0 Å². The van der Waals surface area contributed by atoms with Crippen LogP contribution in [0.1, 0.15) is 78.7 Å². The molecule has 4 aliphatic carbocycles. The highest BCUT2D eigenvalue weighted by Crippen LogP contribution is 2.53. The van der Waals surface area contributed by atoms with Gasteiger partial charge in [0, 0.05) is 11.5 Å². The van der Waals surface area contributed by atoms with Gasteiger partial charge < -0.3 is 0 Å². The van der Waals surface area contributed by atoms with Gasteiger partial charge in [0.1, 0.15) is 5.94 Å². The number of fused-ring (bicyclic) bond motifs is 5. The Morgan fingerprint density at radius 1 is 1.00 bits per heavy atom. The molecule has 0 radical (unpaired) electrons. The summed E-state index contributed by atoms with van der Waals surface area (Å²) in [6.45, 7) is 2.33. The number of allylic oxidation sites excluding steroid dienone is 3. The molecule has 6 rings (SSSR count). The molecule has 2 aromatic carbocycles. The summed E-state index contributed by atoms with van der Waals surface area (Å²) in [5.74, 6) is 4.16. The molecule has 0 aromatic heterocycles. The molecular formula is C28H28O. The Morgan fingerprint density at radius 2 is 1.90 bits per heavy atom. The van der Waals surface area contributed by atoms with Crippen LogP contribution in [0.4, 0.5) is 0 Å². The molecule has 0 spiro atoms. The van der Waals surface area contributed by atoms with Crippen LogP contribution in [0, 0.1) is 18.8 Å². The predicted octanol–water partition coefficient (Wildman–Crippen LogP) is 6.80. The van der Waals surface area contributed by atoms with Gasteiger partial charge in [0.15, 0.2) is 0 Å². The van der Waals surface area contributed by atoms with Crippen LogP contribution in [0.15, 0.2) is 42.0 Å². The van der Waals surface area contributed by atoms with Crippen molar-refractivity contribution in [3.8, 4) is 11.1 Å². The van der Waals surface area contributed by atoms with Gasteiger partial charge in [-0.1, -0.05) is 36.8 Å². The van der Waals surface area contributed by atoms with Gasteiger partial charge in [0.25, 0.3) is 0 Å². The number of hydrogen-bond acceptors (Lipinski definition) is 1. The van der Waals surface area contributed by atoms with E-state index in [2.05, 4.69) is 49.3 Å². The van der Waals surface area contributed by atoms with Crippen LogP contribution >= 0.6 is 0 Å². The van der Waals surface area contributed by atoms with Crippen molar-refractivity contribution in [1.29, 1.82) is 0 Å². The topological polar surface area (TPSA) is 17.1 Å². The lowest BCUT2D eigenvalue weighted by molar-refractivity contribution is 0.523. The van der Waals surface area contributed by atoms with Crippen molar-refractivity contribution in [3.63, 3.8) is 0 Å². The zero-order valence-electron chi connectivity index (χ0n) is 17.3. The summed E-state index contributed by atoms with van der Waals surface area (Å²) in [5.41, 5.74) is 12.7. The van der Waals surface area contributed by atoms with E-state index in [1.165, 1.54) is 64.6 Å². The van der Waals surface area contributed by atoms with E-state index in [1.54, 1.807) is 5.57 Å². The van der Waals surface area contributed by atoms with Gasteiger partial charge in [-0.05, 0) is 114 Å². The summed E-state index contributed by atoms with van der Waals surface area (Å²) in [6.07, 6.45) is 12.0. The van der Waals surface area contributed by atoms with Crippen molar-refractivity contribution in [2.75, 3.05) is 0 Å². The van der Waals surface area contributed by atoms with E-state index >= 15 is 0 Å². The monoisotopic (exact) mass is 380 g/mol. The highest BCUT2D eigenvalue weighted by molar-refractivity contribution is 5.85. The molecule has 1 heteroatoms. The fraction of sp³-hybridized carbons (Fsp3) is 0.429. The lowest BCUT2D eigenvalue weighted by atomic mass is 9.74. The van der Waals surface area contributed by atoms with Gasteiger partial charge >= 0.3 is 0 Å². The summed E-state index contributed by atoms with van der Waals surface area (Å²) in [7, 11) is 0. The number of hydrogen-bond donors (Lipinski definition) is 0. The van der Waals surface area contributed by atoms with Gasteiger partial charge in [-0.15, -0.1) is 0 Å². The minimum atomic E-state index is 0.267. The Hall–Kier alpha value is -2.37. The zero-order chi connectivity index (χ0) is 19.5. The molecule has 1 nitrogen and oxygen atoms in total. The average Bonchev–Trinajstić information content (AvgIpc) is 3.47. The first-order valence-corrected chi connectivity index (χ1v) is 11.4. The molecule has 3 atom stereocenters. The third kappa shape index (κ3) is 2.57. The molecule has 2 saturated carbocycles. The molecule has 146 valence electrons. The summed E-state index contributed by atoms with van der Waals surface area (Å²) < 4.78 is 0. The van der Waals surface area contributed by atoms with Crippen LogP contribution in [0.25, 0.3) is 16.7 Å². The molecule has 2 aromatic rings. The van der Waals surface area contributed by atoms with E-state index in [-0.39, 0.29) is 5.92 Å². The van der Waals surface area contributed by atoms with Crippen LogP contribution in [0.3, 0.4) is 0 Å². The number of carbonyl (C=O) groups excluding carboxylic acids is 1. The molecule has 2 fully saturated rings. The third-order valence-electron chi connectivity index (χ3n) is 8.15. The normalized spacial score (nSPS) is 26.9. The molecule has 0 heterocycles. The van der Waals surface area contributed by atoms with E-state index in [4.69, 9.17) is 0 Å². The largest absolute Gasteiger partial charge is 0.234 e. The molecule has 2 bridgehead atoms. The summed E-state index contributed by atoms with van der Waals surface area (Å²) in [6, 6.07) is 11.4. The maximum atomic E-state index is 11.8. The van der Waals surface area contributed by atoms with Crippen LogP contribution < -0.4 is 0 Å². The standard InChI is InChI=1S/C28H28O/c1-17-24(25-13-18-10-11-20(25)12-18)15-26-22-8-4-2-6-19(22)14-27(26)28(17)23-9-5-3-7-21(23)16-29/h2,4,6,8,13,15,18,20,23H,3,5,7,9-12,14H2,1H3. The summed E-state index contributed by atoms with van der Waals surface area (Å²) >= 11 is 0. The fourth-order valence-electron chi connectivity index (χ4n) is 6.79. The molecule has 4 aliphatic rings. The predicted molar refractivity (Wildman–Crippen MR) is 119 cm³/mol. The van der Waals surface area contributed by atoms with Gasteiger partial charge in [-0.2, -0.15) is 0 Å². The van der Waals surface area contributed by atoms with E-state index in [0.717, 1.165) is 43.1 Å². The Kier molecular flexibility index (Phi) is 3.96. The first kappa shape index (κ1) is 17.5. The first-order chi connectivity index (χ1) is 14.2. The molecule has 0 saturated heterocycles. The van der Waals surface area contributed by atoms with Crippen molar-refractivity contribution in [2.45, 2.75) is 64.2 Å². The minimum Gasteiger partial charge on any atom is -0.234 e. The maximum absolute atomic E-state index is 11.8. The van der Waals surface area contributed by atoms with Gasteiger partial charge in [-0.25, -0.2) is 4.79 Å². The number of benzene rings is 2. The number of rotatable bonds is 2. The highest BCUT2D eigenvalue weighted by Gasteiger charge is 2.37. The van der Waals surface area contributed by atoms with Gasteiger partial charge in [-0.3, -0.25) is 0 Å². The quantitative estimate of drug-likeness (QED) is 0.447. The van der Waals surface area contributed by atoms with E-state index < -0.39 is 0 Å². The van der Waals surface area contributed by atoms with Crippen LogP contribution in [0.2, 0.25) is 0 Å². The lowest BCUT2D eigenvalue weighted by Gasteiger charge is -2.29. The third-order valence-corrected chi connectivity index (χ3v) is 8.15. The summed E-state index contributed by atoms with van der Waals surface area (Å²) in [5, 5.41) is 0. The Labute approximate surface area is 173 Å². The van der Waals surface area contributed by atoms with Gasteiger partial charge in [0.05, 0.1) is 0 Å². The molecule has 29 heavy (non-hydrogen) atoms. The van der Waals surface area contributed by atoms with E-state index in [0.29, 0.717) is 0 Å². The van der Waals surface area contributed by atoms with E-state index in [9.17, 15) is 4.79 Å². The first-order valence-electron chi connectivity index (χ1n) is 11.4. The average molecular weight is 381 g/mol. The van der Waals surface area contributed by atoms with Crippen molar-refractivity contribution >= 4 is 11.5 Å². The SMILES string of the molecule is Cc1c(C2=CC3CCC2C3)cc2c(c1C1CCCCC1=C=O)Cc1ccccc1-2. The molecular weight excluding hydrogens is 352 g/mol. The Balaban J connectivity index is 1.60. The Bertz CT molecular complexity index is 1100. The van der Waals surface area contributed by atoms with Crippen LogP contribution in [0.5, 0.6) is 0 Å². The van der Waals surface area contributed by atoms with Crippen molar-refractivity contribution in [1.82, 2.24) is 0 Å². The van der Waals surface area contributed by atoms with Crippen LogP contribution in [-0.2, 0) is 11.2 Å². The maximum Gasteiger partial charge on any atom is 0.124 e. The van der Waals surface area contributed by atoms with Crippen molar-refractivity contribution in [3.05, 3.63) is 69.8 Å². The molecule has 0 amide bonds. The van der Waals surface area contributed by atoms with Crippen LogP contribution in [-0.4, -0.2) is 5.94 Å². The lowest BCUT2D eigenvalue weighted by Crippen LogP contribution is -2.14. The van der Waals surface area contributed by atoms with Crippen molar-refractivity contribution in [2.24, 2.45) is 11.8 Å². The molecule has 0 aliphatic heterocycles. The zero-order valence-corrected chi connectivity index (χ0v) is 17.3. The van der Waals surface area contributed by atoms with E-state index in [1.807, 2.05) is 0 Å². The second kappa shape index (κ2) is 6.57. The Morgan fingerprint density at radius 3 is 2.69 bits per heavy atom. The van der Waals surface area contributed by atoms with Crippen molar-refractivity contribution < 1.29 is 4.79 Å².